The second kappa shape index (κ2) is 14.5. The lowest BCUT2D eigenvalue weighted by atomic mass is 9.87. The van der Waals surface area contributed by atoms with E-state index >= 15 is 0 Å². The van der Waals surface area contributed by atoms with Crippen LogP contribution >= 0.6 is 0 Å². The van der Waals surface area contributed by atoms with Gasteiger partial charge in [-0.3, -0.25) is 14.4 Å². The highest BCUT2D eigenvalue weighted by atomic mass is 16.5. The Morgan fingerprint density at radius 3 is 1.83 bits per heavy atom. The van der Waals surface area contributed by atoms with Gasteiger partial charge in [-0.05, 0) is 37.5 Å². The van der Waals surface area contributed by atoms with Crippen molar-refractivity contribution in [2.24, 2.45) is 22.7 Å². The van der Waals surface area contributed by atoms with E-state index in [0.29, 0.717) is 32.2 Å². The van der Waals surface area contributed by atoms with Gasteiger partial charge < -0.3 is 20.7 Å². The summed E-state index contributed by atoms with van der Waals surface area (Å²) in [6, 6.07) is -0.0500. The summed E-state index contributed by atoms with van der Waals surface area (Å²) in [5.41, 5.74) is 0.00606. The van der Waals surface area contributed by atoms with Crippen molar-refractivity contribution >= 4 is 24.1 Å². The number of nitrogens with one attached hydrogen (secondary N) is 5. The summed E-state index contributed by atoms with van der Waals surface area (Å²) in [6.07, 6.45) is 7.00. The lowest BCUT2D eigenvalue weighted by Crippen LogP contribution is -3.09. The molecule has 1 aliphatic rings. The summed E-state index contributed by atoms with van der Waals surface area (Å²) in [7, 11) is 1.56. The highest BCUT2D eigenvalue weighted by Gasteiger charge is 2.40. The minimum atomic E-state index is -0.724. The Bertz CT molecular complexity index is 736. The molecule has 1 rings (SSSR count). The number of amides is 3. The average molecular weight is 510 g/mol. The number of methoxy groups -OCH3 is 1. The molecule has 3 unspecified atom stereocenters. The first-order valence-electron chi connectivity index (χ1n) is 13.1. The van der Waals surface area contributed by atoms with Crippen molar-refractivity contribution in [3.8, 4) is 0 Å². The minimum absolute atomic E-state index is 0.00303. The first-order valence-corrected chi connectivity index (χ1v) is 13.1. The summed E-state index contributed by atoms with van der Waals surface area (Å²) in [5, 5.41) is 9.11. The fourth-order valence-electron chi connectivity index (χ4n) is 3.93. The summed E-state index contributed by atoms with van der Waals surface area (Å²) in [4.78, 5) is 43.4. The number of hydrogen-bond acceptors (Lipinski definition) is 4. The van der Waals surface area contributed by atoms with E-state index in [1.807, 2.05) is 32.6 Å². The Balaban J connectivity index is 3.28. The van der Waals surface area contributed by atoms with Gasteiger partial charge in [0.1, 0.15) is 6.17 Å². The fourth-order valence-corrected chi connectivity index (χ4v) is 3.93. The SMILES string of the molecule is COCC(C(=O)NC(C)C)C(C[NH+]1C=C[NH+]=C1)C(NC(=O)CCC(C)(C)C)NC(=O)CCC(C)(C)C. The van der Waals surface area contributed by atoms with Gasteiger partial charge in [0.15, 0.2) is 6.20 Å². The van der Waals surface area contributed by atoms with Crippen LogP contribution in [-0.2, 0) is 19.1 Å². The van der Waals surface area contributed by atoms with Crippen LogP contribution in [0.1, 0.15) is 81.1 Å². The fraction of sp³-hybridized carbons (Fsp3) is 0.778. The molecule has 3 amide bonds. The molecule has 0 saturated heterocycles. The van der Waals surface area contributed by atoms with E-state index < -0.39 is 18.0 Å². The second-order valence-electron chi connectivity index (χ2n) is 12.5. The van der Waals surface area contributed by atoms with Gasteiger partial charge in [0.05, 0.1) is 25.0 Å². The van der Waals surface area contributed by atoms with E-state index in [4.69, 9.17) is 4.74 Å². The van der Waals surface area contributed by atoms with Crippen molar-refractivity contribution in [2.75, 3.05) is 20.3 Å². The van der Waals surface area contributed by atoms with E-state index in [0.717, 1.165) is 4.90 Å². The largest absolute Gasteiger partial charge is 0.384 e. The molecular formula is C27H51N5O4+2. The first kappa shape index (κ1) is 31.8. The van der Waals surface area contributed by atoms with Crippen molar-refractivity contribution in [3.63, 3.8) is 0 Å². The van der Waals surface area contributed by atoms with Crippen LogP contribution in [0.4, 0.5) is 0 Å². The standard InChI is InChI=1S/C27H49N5O4/c1-19(2)29-25(35)21(17-36-9)20(16-32-15-14-28-18-32)24(30-22(33)10-12-26(3,4)5)31-23(34)11-13-27(6,7)8/h14-15,18-21,24H,10-13,16-17H2,1-9H3,(H,29,35)(H,30,33)(H,31,34)/p+2. The first-order chi connectivity index (χ1) is 16.6. The van der Waals surface area contributed by atoms with Crippen LogP contribution in [-0.4, -0.2) is 56.5 Å². The van der Waals surface area contributed by atoms with E-state index in [2.05, 4.69) is 62.5 Å². The van der Waals surface area contributed by atoms with Gasteiger partial charge in [-0.2, -0.15) is 4.99 Å². The van der Waals surface area contributed by atoms with Crippen molar-refractivity contribution in [2.45, 2.75) is 93.3 Å². The molecule has 9 nitrogen and oxygen atoms in total. The molecule has 0 fully saturated rings. The number of ether oxygens (including phenoxy) is 1. The topological polar surface area (TPSA) is 115 Å². The van der Waals surface area contributed by atoms with Crippen LogP contribution in [0, 0.1) is 22.7 Å². The van der Waals surface area contributed by atoms with Gasteiger partial charge in [-0.25, -0.2) is 4.90 Å². The van der Waals surface area contributed by atoms with Crippen molar-refractivity contribution in [1.29, 1.82) is 0 Å². The maximum atomic E-state index is 13.3. The molecule has 206 valence electrons. The smallest absolute Gasteiger partial charge is 0.333 e. The van der Waals surface area contributed by atoms with Crippen molar-refractivity contribution in [3.05, 3.63) is 12.4 Å². The number of rotatable bonds is 14. The van der Waals surface area contributed by atoms with Crippen LogP contribution in [0.25, 0.3) is 0 Å². The maximum Gasteiger partial charge on any atom is 0.333 e. The number of carbonyl (C=O) groups excluding carboxylic acids is 3. The molecule has 0 spiro atoms. The Labute approximate surface area is 217 Å². The summed E-state index contributed by atoms with van der Waals surface area (Å²) >= 11 is 0. The Hall–Kier alpha value is -2.26. The van der Waals surface area contributed by atoms with Gasteiger partial charge in [-0.15, -0.1) is 0 Å². The molecule has 3 atom stereocenters. The Morgan fingerprint density at radius 2 is 1.44 bits per heavy atom. The summed E-state index contributed by atoms with van der Waals surface area (Å²) < 4.78 is 5.46. The van der Waals surface area contributed by atoms with Crippen LogP contribution in [0.5, 0.6) is 0 Å². The minimum Gasteiger partial charge on any atom is -0.384 e. The second-order valence-corrected chi connectivity index (χ2v) is 12.5. The molecule has 5 N–H and O–H groups in total. The molecule has 9 heteroatoms. The zero-order chi connectivity index (χ0) is 27.5. The van der Waals surface area contributed by atoms with Gasteiger partial charge in [0, 0.05) is 26.0 Å². The third-order valence-electron chi connectivity index (χ3n) is 6.03. The van der Waals surface area contributed by atoms with Crippen molar-refractivity contribution < 1.29 is 29.0 Å². The lowest BCUT2D eigenvalue weighted by molar-refractivity contribution is -0.753. The summed E-state index contributed by atoms with van der Waals surface area (Å²) in [6.45, 7) is 17.0. The van der Waals surface area contributed by atoms with Gasteiger partial charge in [0.25, 0.3) is 0 Å². The van der Waals surface area contributed by atoms with Crippen LogP contribution in [0.3, 0.4) is 0 Å². The van der Waals surface area contributed by atoms with Crippen LogP contribution in [0.2, 0.25) is 0 Å². The Kier molecular flexibility index (Phi) is 12.8. The average Bonchev–Trinajstić information content (AvgIpc) is 3.24. The summed E-state index contributed by atoms with van der Waals surface area (Å²) in [5.74, 6) is -1.46. The van der Waals surface area contributed by atoms with E-state index in [1.165, 1.54) is 0 Å². The van der Waals surface area contributed by atoms with E-state index in [9.17, 15) is 14.4 Å². The van der Waals surface area contributed by atoms with Gasteiger partial charge >= 0.3 is 6.34 Å². The third-order valence-corrected chi connectivity index (χ3v) is 6.03. The molecule has 0 bridgehead atoms. The normalized spacial score (nSPS) is 17.4. The molecule has 36 heavy (non-hydrogen) atoms. The highest BCUT2D eigenvalue weighted by Crippen LogP contribution is 2.22. The quantitative estimate of drug-likeness (QED) is 0.213. The predicted molar refractivity (Wildman–Crippen MR) is 142 cm³/mol. The number of hydrogen-bond donors (Lipinski definition) is 5. The molecular weight excluding hydrogens is 458 g/mol. The molecule has 1 aliphatic heterocycles. The predicted octanol–water partition coefficient (Wildman–Crippen LogP) is 0.0795. The Morgan fingerprint density at radius 1 is 0.917 bits per heavy atom. The zero-order valence-electron chi connectivity index (χ0n) is 23.9. The van der Waals surface area contributed by atoms with Crippen LogP contribution in [0.15, 0.2) is 12.4 Å². The maximum absolute atomic E-state index is 13.3. The van der Waals surface area contributed by atoms with Gasteiger partial charge in [0.2, 0.25) is 23.9 Å². The third kappa shape index (κ3) is 13.2. The zero-order valence-corrected chi connectivity index (χ0v) is 23.9. The highest BCUT2D eigenvalue weighted by molar-refractivity contribution is 5.81. The molecule has 0 aromatic heterocycles. The number of carbonyl (C=O) groups is 3. The molecule has 0 radical (unpaired) electrons. The van der Waals surface area contributed by atoms with Crippen LogP contribution < -0.4 is 25.8 Å². The lowest BCUT2D eigenvalue weighted by Gasteiger charge is -2.34. The van der Waals surface area contributed by atoms with E-state index in [1.54, 1.807) is 7.11 Å². The number of quaternary nitrogens is 1. The molecule has 0 aromatic rings. The molecule has 0 aliphatic carbocycles. The molecule has 0 aromatic carbocycles. The van der Waals surface area contributed by atoms with Crippen molar-refractivity contribution in [1.82, 2.24) is 16.0 Å². The molecule has 0 saturated carbocycles. The van der Waals surface area contributed by atoms with E-state index in [-0.39, 0.29) is 41.2 Å². The van der Waals surface area contributed by atoms with Gasteiger partial charge in [-0.1, -0.05) is 41.5 Å². The monoisotopic (exact) mass is 509 g/mol. The molecule has 1 heterocycles.